The van der Waals surface area contributed by atoms with E-state index in [0.717, 1.165) is 18.4 Å². The first-order valence-electron chi connectivity index (χ1n) is 10.3. The second kappa shape index (κ2) is 9.34. The molecule has 0 saturated heterocycles. The highest BCUT2D eigenvalue weighted by Gasteiger charge is 2.15. The Kier molecular flexibility index (Phi) is 6.16. The van der Waals surface area contributed by atoms with Gasteiger partial charge < -0.3 is 9.84 Å². The van der Waals surface area contributed by atoms with Crippen molar-refractivity contribution < 1.29 is 9.32 Å². The van der Waals surface area contributed by atoms with Gasteiger partial charge in [-0.25, -0.2) is 9.97 Å². The third kappa shape index (κ3) is 5.03. The first-order chi connectivity index (χ1) is 15.1. The molecule has 0 aliphatic heterocycles. The zero-order valence-electron chi connectivity index (χ0n) is 17.5. The first kappa shape index (κ1) is 20.5. The number of hydrogen-bond acceptors (Lipinski definition) is 6. The lowest BCUT2D eigenvalue weighted by atomic mass is 10.1. The Balaban J connectivity index is 1.40. The second-order valence-corrected chi connectivity index (χ2v) is 7.34. The first-order valence-corrected chi connectivity index (χ1v) is 10.3. The van der Waals surface area contributed by atoms with Gasteiger partial charge in [-0.2, -0.15) is 4.98 Å². The van der Waals surface area contributed by atoms with E-state index in [9.17, 15) is 4.79 Å². The minimum absolute atomic E-state index is 0.0320. The van der Waals surface area contributed by atoms with E-state index in [1.807, 2.05) is 38.1 Å². The maximum Gasteiger partial charge on any atom is 0.271 e. The number of imidazole rings is 1. The van der Waals surface area contributed by atoms with E-state index in [1.54, 1.807) is 29.4 Å². The summed E-state index contributed by atoms with van der Waals surface area (Å²) >= 11 is 0. The smallest absolute Gasteiger partial charge is 0.271 e. The fourth-order valence-electron chi connectivity index (χ4n) is 3.17. The SMILES string of the molecule is CCc1noc(-c2ccnc(-n3cnc(C(=O)NC(C)CCc4ccccc4)c3)c2)n1. The van der Waals surface area contributed by atoms with Crippen LogP contribution in [0.1, 0.15) is 42.1 Å². The lowest BCUT2D eigenvalue weighted by Gasteiger charge is -2.12. The van der Waals surface area contributed by atoms with Crippen LogP contribution in [0.25, 0.3) is 17.3 Å². The molecule has 1 N–H and O–H groups in total. The fourth-order valence-corrected chi connectivity index (χ4v) is 3.17. The molecular weight excluding hydrogens is 392 g/mol. The topological polar surface area (TPSA) is 98.7 Å². The molecule has 1 amide bonds. The van der Waals surface area contributed by atoms with Gasteiger partial charge in [-0.1, -0.05) is 42.4 Å². The minimum Gasteiger partial charge on any atom is -0.348 e. The molecule has 3 heterocycles. The van der Waals surface area contributed by atoms with Crippen molar-refractivity contribution in [2.75, 3.05) is 0 Å². The lowest BCUT2D eigenvalue weighted by Crippen LogP contribution is -2.33. The van der Waals surface area contributed by atoms with Gasteiger partial charge in [-0.05, 0) is 37.5 Å². The van der Waals surface area contributed by atoms with Crippen molar-refractivity contribution in [2.45, 2.75) is 39.2 Å². The highest BCUT2D eigenvalue weighted by molar-refractivity contribution is 5.92. The number of benzene rings is 1. The number of carbonyl (C=O) groups is 1. The summed E-state index contributed by atoms with van der Waals surface area (Å²) in [5.74, 6) is 1.49. The van der Waals surface area contributed by atoms with Gasteiger partial charge in [0.05, 0.1) is 0 Å². The van der Waals surface area contributed by atoms with Gasteiger partial charge >= 0.3 is 0 Å². The maximum atomic E-state index is 12.6. The van der Waals surface area contributed by atoms with Crippen LogP contribution < -0.4 is 5.32 Å². The quantitative estimate of drug-likeness (QED) is 0.471. The molecule has 0 radical (unpaired) electrons. The Morgan fingerprint density at radius 2 is 2.03 bits per heavy atom. The van der Waals surface area contributed by atoms with Crippen molar-refractivity contribution in [1.29, 1.82) is 0 Å². The summed E-state index contributed by atoms with van der Waals surface area (Å²) in [5.41, 5.74) is 2.35. The normalized spacial score (nSPS) is 11.9. The maximum absolute atomic E-state index is 12.6. The van der Waals surface area contributed by atoms with E-state index in [0.29, 0.717) is 29.6 Å². The molecular formula is C23H24N6O2. The fraction of sp³-hybridized carbons (Fsp3) is 0.261. The molecule has 0 aliphatic carbocycles. The Morgan fingerprint density at radius 3 is 2.81 bits per heavy atom. The van der Waals surface area contributed by atoms with Gasteiger partial charge in [0.1, 0.15) is 17.8 Å². The molecule has 158 valence electrons. The number of aromatic nitrogens is 5. The summed E-state index contributed by atoms with van der Waals surface area (Å²) in [5, 5.41) is 6.93. The van der Waals surface area contributed by atoms with Crippen molar-refractivity contribution >= 4 is 5.91 Å². The molecule has 1 aromatic carbocycles. The molecule has 0 bridgehead atoms. The Hall–Kier alpha value is -3.81. The van der Waals surface area contributed by atoms with Crippen LogP contribution in [0.15, 0.2) is 65.7 Å². The molecule has 0 spiro atoms. The molecule has 4 aromatic rings. The zero-order valence-corrected chi connectivity index (χ0v) is 17.5. The Morgan fingerprint density at radius 1 is 1.19 bits per heavy atom. The predicted octanol–water partition coefficient (Wildman–Crippen LogP) is 3.63. The van der Waals surface area contributed by atoms with Crippen LogP contribution in [0, 0.1) is 0 Å². The van der Waals surface area contributed by atoms with Crippen LogP contribution in [-0.2, 0) is 12.8 Å². The van der Waals surface area contributed by atoms with E-state index >= 15 is 0 Å². The van der Waals surface area contributed by atoms with Crippen LogP contribution in [0.5, 0.6) is 0 Å². The van der Waals surface area contributed by atoms with Crippen LogP contribution >= 0.6 is 0 Å². The molecule has 1 atom stereocenters. The minimum atomic E-state index is -0.208. The molecule has 4 rings (SSSR count). The highest BCUT2D eigenvalue weighted by atomic mass is 16.5. The number of aryl methyl sites for hydroxylation is 2. The number of pyridine rings is 1. The Labute approximate surface area is 180 Å². The van der Waals surface area contributed by atoms with Gasteiger partial charge in [0, 0.05) is 30.4 Å². The largest absolute Gasteiger partial charge is 0.348 e. The van der Waals surface area contributed by atoms with E-state index in [1.165, 1.54) is 5.56 Å². The predicted molar refractivity (Wildman–Crippen MR) is 116 cm³/mol. The number of nitrogens with zero attached hydrogens (tertiary/aromatic N) is 5. The standard InChI is InChI=1S/C23H24N6O2/c1-3-20-27-23(31-28-20)18-11-12-24-21(13-18)29-14-19(25-15-29)22(30)26-16(2)9-10-17-7-5-4-6-8-17/h4-8,11-16H,3,9-10H2,1-2H3,(H,26,30). The summed E-state index contributed by atoms with van der Waals surface area (Å²) < 4.78 is 7.00. The van der Waals surface area contributed by atoms with Crippen LogP contribution in [0.3, 0.4) is 0 Å². The number of amides is 1. The van der Waals surface area contributed by atoms with Gasteiger partial charge in [0.15, 0.2) is 5.82 Å². The van der Waals surface area contributed by atoms with Gasteiger partial charge in [-0.15, -0.1) is 0 Å². The van der Waals surface area contributed by atoms with Gasteiger partial charge in [0.2, 0.25) is 0 Å². The molecule has 1 unspecified atom stereocenters. The third-order valence-corrected chi connectivity index (χ3v) is 4.94. The van der Waals surface area contributed by atoms with Crippen molar-refractivity contribution in [3.8, 4) is 17.3 Å². The third-order valence-electron chi connectivity index (χ3n) is 4.94. The van der Waals surface area contributed by atoms with Crippen LogP contribution in [-0.4, -0.2) is 36.6 Å². The van der Waals surface area contributed by atoms with E-state index in [4.69, 9.17) is 4.52 Å². The number of carbonyl (C=O) groups excluding carboxylic acids is 1. The van der Waals surface area contributed by atoms with Crippen LogP contribution in [0.2, 0.25) is 0 Å². The van der Waals surface area contributed by atoms with Crippen molar-refractivity contribution in [1.82, 2.24) is 30.0 Å². The summed E-state index contributed by atoms with van der Waals surface area (Å²) in [6.07, 6.45) is 7.35. The van der Waals surface area contributed by atoms with Gasteiger partial charge in [-0.3, -0.25) is 9.36 Å². The second-order valence-electron chi connectivity index (χ2n) is 7.34. The molecule has 31 heavy (non-hydrogen) atoms. The summed E-state index contributed by atoms with van der Waals surface area (Å²) in [6.45, 7) is 3.96. The van der Waals surface area contributed by atoms with Crippen molar-refractivity contribution in [3.05, 3.63) is 78.3 Å². The summed E-state index contributed by atoms with van der Waals surface area (Å²) in [6, 6.07) is 13.9. The average Bonchev–Trinajstić information content (AvgIpc) is 3.49. The van der Waals surface area contributed by atoms with Crippen molar-refractivity contribution in [2.24, 2.45) is 0 Å². The number of nitrogens with one attached hydrogen (secondary N) is 1. The molecule has 8 heteroatoms. The molecule has 0 fully saturated rings. The summed E-state index contributed by atoms with van der Waals surface area (Å²) in [7, 11) is 0. The average molecular weight is 416 g/mol. The number of rotatable bonds is 8. The summed E-state index contributed by atoms with van der Waals surface area (Å²) in [4.78, 5) is 25.5. The van der Waals surface area contributed by atoms with Gasteiger partial charge in [0.25, 0.3) is 11.8 Å². The van der Waals surface area contributed by atoms with E-state index in [2.05, 4.69) is 37.6 Å². The molecule has 0 saturated carbocycles. The van der Waals surface area contributed by atoms with Crippen molar-refractivity contribution in [3.63, 3.8) is 0 Å². The number of hydrogen-bond donors (Lipinski definition) is 1. The molecule has 3 aromatic heterocycles. The Bertz CT molecular complexity index is 1150. The zero-order chi connectivity index (χ0) is 21.6. The monoisotopic (exact) mass is 416 g/mol. The van der Waals surface area contributed by atoms with E-state index in [-0.39, 0.29) is 11.9 Å². The lowest BCUT2D eigenvalue weighted by molar-refractivity contribution is 0.0934. The molecule has 0 aliphatic rings. The molecule has 8 nitrogen and oxygen atoms in total. The highest BCUT2D eigenvalue weighted by Crippen LogP contribution is 2.19. The van der Waals surface area contributed by atoms with E-state index < -0.39 is 0 Å². The van der Waals surface area contributed by atoms with Crippen LogP contribution in [0.4, 0.5) is 0 Å².